The van der Waals surface area contributed by atoms with E-state index in [9.17, 15) is 9.59 Å². The number of nitrogens with two attached hydrogens (primary N) is 1. The number of benzene rings is 2. The first-order valence-electron chi connectivity index (χ1n) is 11.3. The van der Waals surface area contributed by atoms with E-state index in [4.69, 9.17) is 5.73 Å². The zero-order chi connectivity index (χ0) is 20.0. The van der Waals surface area contributed by atoms with Crippen LogP contribution < -0.4 is 5.73 Å². The lowest BCUT2D eigenvalue weighted by molar-refractivity contribution is 0.0976. The monoisotopic (exact) mass is 387 g/mol. The van der Waals surface area contributed by atoms with Crippen LogP contribution in [-0.4, -0.2) is 11.6 Å². The van der Waals surface area contributed by atoms with Gasteiger partial charge in [-0.05, 0) is 60.8 Å². The molecule has 3 aliphatic carbocycles. The Balaban J connectivity index is 1.65. The van der Waals surface area contributed by atoms with Crippen LogP contribution in [0.1, 0.15) is 119 Å². The molecule has 0 aliphatic heterocycles. The van der Waals surface area contributed by atoms with E-state index in [2.05, 4.69) is 6.07 Å². The van der Waals surface area contributed by atoms with Crippen LogP contribution in [0.15, 0.2) is 30.3 Å². The number of carbonyl (C=O) groups excluding carboxylic acids is 2. The zero-order valence-electron chi connectivity index (χ0n) is 17.0. The molecule has 0 amide bonds. The number of anilines is 1. The summed E-state index contributed by atoms with van der Waals surface area (Å²) >= 11 is 0. The Labute approximate surface area is 172 Å². The lowest BCUT2D eigenvalue weighted by Crippen LogP contribution is -2.27. The van der Waals surface area contributed by atoms with Crippen LogP contribution in [-0.2, 0) is 0 Å². The third kappa shape index (κ3) is 3.02. The Morgan fingerprint density at radius 3 is 1.93 bits per heavy atom. The minimum absolute atomic E-state index is 0.000123. The van der Waals surface area contributed by atoms with E-state index in [0.29, 0.717) is 39.8 Å². The third-order valence-corrected chi connectivity index (χ3v) is 7.38. The molecule has 2 fully saturated rings. The number of nitrogen functional groups attached to an aromatic ring is 1. The quantitative estimate of drug-likeness (QED) is 0.537. The largest absolute Gasteiger partial charge is 0.398 e. The van der Waals surface area contributed by atoms with Gasteiger partial charge < -0.3 is 5.73 Å². The molecule has 0 heterocycles. The topological polar surface area (TPSA) is 60.2 Å². The maximum absolute atomic E-state index is 13.7. The summed E-state index contributed by atoms with van der Waals surface area (Å²) < 4.78 is 0. The second kappa shape index (κ2) is 7.44. The van der Waals surface area contributed by atoms with Crippen molar-refractivity contribution in [3.8, 4) is 0 Å². The van der Waals surface area contributed by atoms with Crippen molar-refractivity contribution in [2.24, 2.45) is 0 Å². The summed E-state index contributed by atoms with van der Waals surface area (Å²) in [5.41, 5.74) is 11.5. The van der Waals surface area contributed by atoms with Gasteiger partial charge in [-0.25, -0.2) is 0 Å². The van der Waals surface area contributed by atoms with E-state index in [-0.39, 0.29) is 11.6 Å². The van der Waals surface area contributed by atoms with Gasteiger partial charge in [0, 0.05) is 27.9 Å². The summed E-state index contributed by atoms with van der Waals surface area (Å²) in [7, 11) is 0. The molecule has 0 spiro atoms. The molecule has 0 atom stereocenters. The van der Waals surface area contributed by atoms with Crippen molar-refractivity contribution in [1.29, 1.82) is 0 Å². The molecule has 0 radical (unpaired) electrons. The van der Waals surface area contributed by atoms with E-state index in [1.54, 1.807) is 6.07 Å². The molecule has 150 valence electrons. The molecule has 2 aromatic rings. The standard InChI is InChI=1S/C26H29NO2/c27-21-15-14-20-24(22(21)17-10-5-2-6-11-17)26(29)19-13-7-12-18(23(19)25(20)28)16-8-3-1-4-9-16/h7,12-17H,1-6,8-11,27H2. The molecular formula is C26H29NO2. The first-order chi connectivity index (χ1) is 14.2. The highest BCUT2D eigenvalue weighted by molar-refractivity contribution is 6.29. The van der Waals surface area contributed by atoms with Crippen LogP contribution in [0.2, 0.25) is 0 Å². The Morgan fingerprint density at radius 2 is 1.24 bits per heavy atom. The minimum Gasteiger partial charge on any atom is -0.398 e. The fourth-order valence-electron chi connectivity index (χ4n) is 5.94. The molecule has 0 saturated heterocycles. The lowest BCUT2D eigenvalue weighted by Gasteiger charge is -2.30. The molecule has 29 heavy (non-hydrogen) atoms. The molecule has 3 aliphatic rings. The Bertz CT molecular complexity index is 978. The van der Waals surface area contributed by atoms with Crippen molar-refractivity contribution in [3.63, 3.8) is 0 Å². The Morgan fingerprint density at radius 1 is 0.655 bits per heavy atom. The summed E-state index contributed by atoms with van der Waals surface area (Å²) in [6.45, 7) is 0. The molecule has 3 nitrogen and oxygen atoms in total. The average molecular weight is 388 g/mol. The lowest BCUT2D eigenvalue weighted by atomic mass is 9.72. The fraction of sp³-hybridized carbons (Fsp3) is 0.462. The highest BCUT2D eigenvalue weighted by Gasteiger charge is 2.37. The van der Waals surface area contributed by atoms with Crippen LogP contribution in [0.3, 0.4) is 0 Å². The van der Waals surface area contributed by atoms with Gasteiger partial charge in [0.25, 0.3) is 0 Å². The summed E-state index contributed by atoms with van der Waals surface area (Å²) in [5, 5.41) is 0. The zero-order valence-corrected chi connectivity index (χ0v) is 17.0. The van der Waals surface area contributed by atoms with Crippen molar-refractivity contribution in [2.45, 2.75) is 76.0 Å². The number of ketones is 2. The van der Waals surface area contributed by atoms with Gasteiger partial charge in [0.15, 0.2) is 11.6 Å². The molecular weight excluding hydrogens is 358 g/mol. The fourth-order valence-corrected chi connectivity index (χ4v) is 5.94. The smallest absolute Gasteiger partial charge is 0.194 e. The molecule has 5 rings (SSSR count). The van der Waals surface area contributed by atoms with E-state index in [1.807, 2.05) is 18.2 Å². The second-order valence-corrected chi connectivity index (χ2v) is 9.09. The van der Waals surface area contributed by atoms with Crippen molar-refractivity contribution in [3.05, 3.63) is 63.7 Å². The van der Waals surface area contributed by atoms with Crippen molar-refractivity contribution in [1.82, 2.24) is 0 Å². The van der Waals surface area contributed by atoms with Crippen LogP contribution in [0, 0.1) is 0 Å². The van der Waals surface area contributed by atoms with E-state index < -0.39 is 0 Å². The van der Waals surface area contributed by atoms with Crippen molar-refractivity contribution in [2.75, 3.05) is 5.73 Å². The predicted molar refractivity (Wildman–Crippen MR) is 116 cm³/mol. The van der Waals surface area contributed by atoms with Gasteiger partial charge in [-0.2, -0.15) is 0 Å². The normalized spacial score (nSPS) is 20.4. The molecule has 0 bridgehead atoms. The van der Waals surface area contributed by atoms with E-state index >= 15 is 0 Å². The van der Waals surface area contributed by atoms with Crippen LogP contribution >= 0.6 is 0 Å². The number of hydrogen-bond acceptors (Lipinski definition) is 3. The maximum atomic E-state index is 13.7. The molecule has 2 aromatic carbocycles. The minimum atomic E-state index is 0.000123. The highest BCUT2D eigenvalue weighted by Crippen LogP contribution is 2.44. The molecule has 0 unspecified atom stereocenters. The summed E-state index contributed by atoms with van der Waals surface area (Å²) in [4.78, 5) is 27.4. The highest BCUT2D eigenvalue weighted by atomic mass is 16.1. The Hall–Kier alpha value is -2.42. The predicted octanol–water partition coefficient (Wildman–Crippen LogP) is 6.14. The molecule has 2 N–H and O–H groups in total. The van der Waals surface area contributed by atoms with Crippen LogP contribution in [0.25, 0.3) is 0 Å². The second-order valence-electron chi connectivity index (χ2n) is 9.09. The van der Waals surface area contributed by atoms with Gasteiger partial charge in [-0.1, -0.05) is 56.7 Å². The Kier molecular flexibility index (Phi) is 4.77. The molecule has 3 heteroatoms. The number of fused-ring (bicyclic) bond motifs is 2. The van der Waals surface area contributed by atoms with Gasteiger partial charge in [-0.3, -0.25) is 9.59 Å². The van der Waals surface area contributed by atoms with Gasteiger partial charge in [0.1, 0.15) is 0 Å². The van der Waals surface area contributed by atoms with Crippen molar-refractivity contribution < 1.29 is 9.59 Å². The summed E-state index contributed by atoms with van der Waals surface area (Å²) in [5.74, 6) is 0.704. The first kappa shape index (κ1) is 18.6. The third-order valence-electron chi connectivity index (χ3n) is 7.38. The number of rotatable bonds is 2. The van der Waals surface area contributed by atoms with Gasteiger partial charge in [0.05, 0.1) is 0 Å². The summed E-state index contributed by atoms with van der Waals surface area (Å²) in [6.07, 6.45) is 11.6. The molecule has 0 aromatic heterocycles. The van der Waals surface area contributed by atoms with E-state index in [1.165, 1.54) is 38.5 Å². The van der Waals surface area contributed by atoms with Crippen LogP contribution in [0.5, 0.6) is 0 Å². The van der Waals surface area contributed by atoms with Crippen molar-refractivity contribution >= 4 is 17.3 Å². The maximum Gasteiger partial charge on any atom is 0.194 e. The van der Waals surface area contributed by atoms with Gasteiger partial charge in [0.2, 0.25) is 0 Å². The first-order valence-corrected chi connectivity index (χ1v) is 11.3. The average Bonchev–Trinajstić information content (AvgIpc) is 2.78. The summed E-state index contributed by atoms with van der Waals surface area (Å²) in [6, 6.07) is 9.52. The van der Waals surface area contributed by atoms with E-state index in [0.717, 1.165) is 36.8 Å². The molecule has 2 saturated carbocycles. The van der Waals surface area contributed by atoms with Gasteiger partial charge >= 0.3 is 0 Å². The number of carbonyl (C=O) groups is 2. The van der Waals surface area contributed by atoms with Gasteiger partial charge in [-0.15, -0.1) is 0 Å². The SMILES string of the molecule is Nc1ccc2c(c1C1CCCCC1)C(=O)c1cccc(C3CCCCC3)c1C2=O. The number of hydrogen-bond donors (Lipinski definition) is 1. The van der Waals surface area contributed by atoms with Crippen LogP contribution in [0.4, 0.5) is 5.69 Å².